The summed E-state index contributed by atoms with van der Waals surface area (Å²) in [5.74, 6) is 0.144. The summed E-state index contributed by atoms with van der Waals surface area (Å²) in [6.07, 6.45) is 4.63. The van der Waals surface area contributed by atoms with Crippen LogP contribution in [-0.2, 0) is 9.59 Å². The van der Waals surface area contributed by atoms with E-state index < -0.39 is 0 Å². The van der Waals surface area contributed by atoms with Gasteiger partial charge in [0, 0.05) is 24.2 Å². The first-order chi connectivity index (χ1) is 11.6. The van der Waals surface area contributed by atoms with Gasteiger partial charge in [0.1, 0.15) is 11.6 Å². The highest BCUT2D eigenvalue weighted by atomic mass is 16.1. The highest BCUT2D eigenvalue weighted by molar-refractivity contribution is 5.85. The lowest BCUT2D eigenvalue weighted by Gasteiger charge is -2.20. The second kappa shape index (κ2) is 6.96. The lowest BCUT2D eigenvalue weighted by molar-refractivity contribution is -0.122. The largest absolute Gasteiger partial charge is 0.300 e. The van der Waals surface area contributed by atoms with Crippen LogP contribution in [-0.4, -0.2) is 11.6 Å². The van der Waals surface area contributed by atoms with Crippen molar-refractivity contribution < 1.29 is 9.59 Å². The molecule has 0 spiro atoms. The summed E-state index contributed by atoms with van der Waals surface area (Å²) in [4.78, 5) is 24.1. The summed E-state index contributed by atoms with van der Waals surface area (Å²) < 4.78 is 0. The van der Waals surface area contributed by atoms with E-state index in [1.165, 1.54) is 5.56 Å². The molecule has 24 heavy (non-hydrogen) atoms. The molecule has 1 aliphatic carbocycles. The van der Waals surface area contributed by atoms with Crippen LogP contribution in [0.3, 0.4) is 0 Å². The fourth-order valence-electron chi connectivity index (χ4n) is 3.87. The zero-order valence-corrected chi connectivity index (χ0v) is 14.1. The minimum atomic E-state index is -0.161. The van der Waals surface area contributed by atoms with Gasteiger partial charge in [0.15, 0.2) is 0 Å². The van der Waals surface area contributed by atoms with Gasteiger partial charge in [-0.05, 0) is 30.5 Å². The molecule has 0 radical (unpaired) electrons. The van der Waals surface area contributed by atoms with Crippen molar-refractivity contribution in [2.24, 2.45) is 5.92 Å². The third-order valence-electron chi connectivity index (χ3n) is 4.85. The number of ketones is 2. The Morgan fingerprint density at radius 2 is 1.54 bits per heavy atom. The van der Waals surface area contributed by atoms with E-state index >= 15 is 0 Å². The Bertz CT molecular complexity index is 774. The molecule has 0 unspecified atom stereocenters. The zero-order valence-electron chi connectivity index (χ0n) is 14.1. The number of hydrogen-bond donors (Lipinski definition) is 0. The zero-order chi connectivity index (χ0) is 17.1. The van der Waals surface area contributed by atoms with Gasteiger partial charge in [-0.1, -0.05) is 66.7 Å². The maximum atomic E-state index is 12.4. The minimum Gasteiger partial charge on any atom is -0.300 e. The predicted octanol–water partition coefficient (Wildman–Crippen LogP) is 4.77. The van der Waals surface area contributed by atoms with Gasteiger partial charge in [-0.3, -0.25) is 4.79 Å². The maximum Gasteiger partial charge on any atom is 0.134 e. The number of hydrogen-bond acceptors (Lipinski definition) is 2. The monoisotopic (exact) mass is 318 g/mol. The highest BCUT2D eigenvalue weighted by Gasteiger charge is 2.42. The van der Waals surface area contributed by atoms with E-state index in [-0.39, 0.29) is 29.3 Å². The topological polar surface area (TPSA) is 34.1 Å². The number of benzene rings is 2. The van der Waals surface area contributed by atoms with Crippen molar-refractivity contribution in [3.05, 3.63) is 77.4 Å². The first-order valence-corrected chi connectivity index (χ1v) is 8.40. The summed E-state index contributed by atoms with van der Waals surface area (Å²) >= 11 is 0. The Balaban J connectivity index is 2.01. The average molecular weight is 318 g/mol. The van der Waals surface area contributed by atoms with E-state index in [9.17, 15) is 9.59 Å². The smallest absolute Gasteiger partial charge is 0.134 e. The quantitative estimate of drug-likeness (QED) is 0.796. The number of rotatable bonds is 5. The van der Waals surface area contributed by atoms with Crippen molar-refractivity contribution in [1.29, 1.82) is 0 Å². The van der Waals surface area contributed by atoms with Crippen LogP contribution in [0.15, 0.2) is 60.7 Å². The first kappa shape index (κ1) is 16.4. The standard InChI is InChI=1S/C22H22O2/c1-15(23)14-21-19-11-7-6-10-18(19)20(22(21)16(2)24)13-12-17-8-4-3-5-9-17/h3-13,20-22H,14H2,1-2H3/b13-12+/t20-,21+,22+/m0/s1. The predicted molar refractivity (Wildman–Crippen MR) is 96.9 cm³/mol. The molecule has 0 saturated heterocycles. The highest BCUT2D eigenvalue weighted by Crippen LogP contribution is 2.49. The van der Waals surface area contributed by atoms with E-state index in [0.29, 0.717) is 6.42 Å². The number of carbonyl (C=O) groups is 2. The van der Waals surface area contributed by atoms with Crippen LogP contribution in [0.1, 0.15) is 48.8 Å². The van der Waals surface area contributed by atoms with Gasteiger partial charge in [-0.25, -0.2) is 0 Å². The molecule has 2 nitrogen and oxygen atoms in total. The third-order valence-corrected chi connectivity index (χ3v) is 4.85. The lowest BCUT2D eigenvalue weighted by atomic mass is 9.81. The fraction of sp³-hybridized carbons (Fsp3) is 0.273. The van der Waals surface area contributed by atoms with Crippen molar-refractivity contribution in [2.45, 2.75) is 32.1 Å². The molecule has 1 aliphatic rings. The second-order valence-electron chi connectivity index (χ2n) is 6.57. The van der Waals surface area contributed by atoms with E-state index in [0.717, 1.165) is 11.1 Å². The molecule has 3 rings (SSSR count). The van der Waals surface area contributed by atoms with Crippen molar-refractivity contribution in [1.82, 2.24) is 0 Å². The van der Waals surface area contributed by atoms with E-state index in [4.69, 9.17) is 0 Å². The molecule has 0 saturated carbocycles. The van der Waals surface area contributed by atoms with Gasteiger partial charge in [0.05, 0.1) is 0 Å². The van der Waals surface area contributed by atoms with E-state index in [1.807, 2.05) is 42.5 Å². The van der Waals surface area contributed by atoms with Crippen molar-refractivity contribution in [3.8, 4) is 0 Å². The summed E-state index contributed by atoms with van der Waals surface area (Å²) in [5, 5.41) is 0. The molecule has 2 aromatic rings. The normalized spacial score (nSPS) is 22.5. The molecular formula is C22H22O2. The molecule has 0 bridgehead atoms. The molecule has 0 amide bonds. The minimum absolute atomic E-state index is 0.0124. The van der Waals surface area contributed by atoms with Gasteiger partial charge in [-0.15, -0.1) is 0 Å². The fourth-order valence-corrected chi connectivity index (χ4v) is 3.87. The summed E-state index contributed by atoms with van der Waals surface area (Å²) in [7, 11) is 0. The average Bonchev–Trinajstić information content (AvgIpc) is 2.87. The van der Waals surface area contributed by atoms with Crippen LogP contribution in [0.4, 0.5) is 0 Å². The van der Waals surface area contributed by atoms with Crippen LogP contribution >= 0.6 is 0 Å². The SMILES string of the molecule is CC(=O)C[C@@H]1c2ccccc2[C@H](/C=C/c2ccccc2)[C@H]1C(C)=O. The molecule has 3 atom stereocenters. The Morgan fingerprint density at radius 1 is 0.917 bits per heavy atom. The summed E-state index contributed by atoms with van der Waals surface area (Å²) in [5.41, 5.74) is 3.44. The Labute approximate surface area is 143 Å². The molecule has 122 valence electrons. The molecule has 0 heterocycles. The molecular weight excluding hydrogens is 296 g/mol. The number of carbonyl (C=O) groups excluding carboxylic acids is 2. The lowest BCUT2D eigenvalue weighted by Crippen LogP contribution is -2.21. The van der Waals surface area contributed by atoms with Gasteiger partial charge in [-0.2, -0.15) is 0 Å². The molecule has 0 N–H and O–H groups in total. The van der Waals surface area contributed by atoms with Gasteiger partial charge < -0.3 is 4.79 Å². The maximum absolute atomic E-state index is 12.4. The van der Waals surface area contributed by atoms with Crippen LogP contribution in [0.2, 0.25) is 0 Å². The Morgan fingerprint density at radius 3 is 2.17 bits per heavy atom. The molecule has 2 heteroatoms. The van der Waals surface area contributed by atoms with Crippen molar-refractivity contribution in [3.63, 3.8) is 0 Å². The van der Waals surface area contributed by atoms with E-state index in [2.05, 4.69) is 24.3 Å². The molecule has 0 aromatic heterocycles. The molecule has 0 fully saturated rings. The summed E-state index contributed by atoms with van der Waals surface area (Å²) in [6.45, 7) is 3.25. The molecule has 0 aliphatic heterocycles. The Hall–Kier alpha value is -2.48. The van der Waals surface area contributed by atoms with Gasteiger partial charge >= 0.3 is 0 Å². The first-order valence-electron chi connectivity index (χ1n) is 8.40. The number of fused-ring (bicyclic) bond motifs is 1. The van der Waals surface area contributed by atoms with Crippen LogP contribution in [0.5, 0.6) is 0 Å². The van der Waals surface area contributed by atoms with Crippen molar-refractivity contribution >= 4 is 17.6 Å². The van der Waals surface area contributed by atoms with Gasteiger partial charge in [0.25, 0.3) is 0 Å². The van der Waals surface area contributed by atoms with Crippen LogP contribution in [0.25, 0.3) is 6.08 Å². The number of allylic oxidation sites excluding steroid dienone is 1. The second-order valence-corrected chi connectivity index (χ2v) is 6.57. The van der Waals surface area contributed by atoms with Crippen molar-refractivity contribution in [2.75, 3.05) is 0 Å². The number of Topliss-reactive ketones (excluding diaryl/α,β-unsaturated/α-hetero) is 2. The van der Waals surface area contributed by atoms with Crippen LogP contribution < -0.4 is 0 Å². The third kappa shape index (κ3) is 3.23. The van der Waals surface area contributed by atoms with Crippen LogP contribution in [0, 0.1) is 5.92 Å². The Kier molecular flexibility index (Phi) is 4.75. The molecule has 2 aromatic carbocycles. The van der Waals surface area contributed by atoms with Gasteiger partial charge in [0.2, 0.25) is 0 Å². The van der Waals surface area contributed by atoms with E-state index in [1.54, 1.807) is 13.8 Å². The summed E-state index contributed by atoms with van der Waals surface area (Å²) in [6, 6.07) is 18.2.